The van der Waals surface area contributed by atoms with E-state index >= 15 is 0 Å². The van der Waals surface area contributed by atoms with Crippen molar-refractivity contribution in [3.05, 3.63) is 17.7 Å². The van der Waals surface area contributed by atoms with E-state index < -0.39 is 0 Å². The fourth-order valence-corrected chi connectivity index (χ4v) is 1.32. The number of nitrogens with one attached hydrogen (secondary N) is 1. The third-order valence-electron chi connectivity index (χ3n) is 2.25. The van der Waals surface area contributed by atoms with Gasteiger partial charge in [0.15, 0.2) is 18.1 Å². The molecule has 1 aromatic rings. The molecular weight excluding hydrogens is 238 g/mol. The zero-order valence-electron chi connectivity index (χ0n) is 10.5. The molecule has 0 saturated carbocycles. The molecule has 1 aromatic carbocycles. The molecule has 0 atom stereocenters. The minimum atomic E-state index is -0.279. The van der Waals surface area contributed by atoms with Crippen molar-refractivity contribution in [3.8, 4) is 17.2 Å². The van der Waals surface area contributed by atoms with Crippen LogP contribution in [0.15, 0.2) is 12.1 Å². The molecule has 1 N–H and O–H groups in total. The Morgan fingerprint density at radius 1 is 1.28 bits per heavy atom. The molecule has 0 aromatic heterocycles. The Bertz CT molecular complexity index is 419. The second-order valence-electron chi connectivity index (χ2n) is 3.33. The van der Waals surface area contributed by atoms with E-state index in [2.05, 4.69) is 5.32 Å². The van der Waals surface area contributed by atoms with Gasteiger partial charge in [-0.05, 0) is 12.1 Å². The number of hydrogen-bond acceptors (Lipinski definition) is 5. The van der Waals surface area contributed by atoms with Gasteiger partial charge in [-0.2, -0.15) is 0 Å². The molecule has 0 unspecified atom stereocenters. The van der Waals surface area contributed by atoms with Crippen LogP contribution in [0.5, 0.6) is 17.2 Å². The first-order valence-electron chi connectivity index (χ1n) is 5.20. The van der Waals surface area contributed by atoms with Crippen LogP contribution in [0.2, 0.25) is 0 Å². The summed E-state index contributed by atoms with van der Waals surface area (Å²) in [6.07, 6.45) is 0.674. The minimum Gasteiger partial charge on any atom is -0.493 e. The number of carbonyl (C=O) groups is 2. The third-order valence-corrected chi connectivity index (χ3v) is 2.25. The van der Waals surface area contributed by atoms with E-state index in [1.54, 1.807) is 0 Å². The molecule has 6 heteroatoms. The molecule has 6 nitrogen and oxygen atoms in total. The minimum absolute atomic E-state index is 0.163. The van der Waals surface area contributed by atoms with Gasteiger partial charge in [0, 0.05) is 12.6 Å². The normalized spacial score (nSPS) is 9.50. The summed E-state index contributed by atoms with van der Waals surface area (Å²) in [4.78, 5) is 21.9. The van der Waals surface area contributed by atoms with Crippen LogP contribution in [0.4, 0.5) is 0 Å². The highest BCUT2D eigenvalue weighted by molar-refractivity contribution is 5.79. The highest BCUT2D eigenvalue weighted by atomic mass is 16.5. The summed E-state index contributed by atoms with van der Waals surface area (Å²) in [6.45, 7) is -0.163. The maximum absolute atomic E-state index is 11.1. The number of aldehydes is 1. The lowest BCUT2D eigenvalue weighted by Crippen LogP contribution is -2.25. The average molecular weight is 253 g/mol. The quantitative estimate of drug-likeness (QED) is 0.753. The molecule has 98 valence electrons. The van der Waals surface area contributed by atoms with E-state index in [1.165, 1.54) is 33.4 Å². The topological polar surface area (TPSA) is 73.9 Å². The lowest BCUT2D eigenvalue weighted by atomic mass is 10.2. The van der Waals surface area contributed by atoms with Crippen LogP contribution >= 0.6 is 0 Å². The summed E-state index contributed by atoms with van der Waals surface area (Å²) >= 11 is 0. The summed E-state index contributed by atoms with van der Waals surface area (Å²) < 4.78 is 15.5. The molecular formula is C12H15NO5. The first kappa shape index (κ1) is 13.8. The second kappa shape index (κ2) is 6.48. The molecule has 0 aliphatic rings. The standard InChI is InChI=1S/C12H15NO5/c1-13-11(15)7-18-12-9(16-2)4-8(6-14)5-10(12)17-3/h4-6H,7H2,1-3H3,(H,13,15). The number of amides is 1. The highest BCUT2D eigenvalue weighted by Crippen LogP contribution is 2.38. The molecule has 0 aliphatic heterocycles. The zero-order valence-corrected chi connectivity index (χ0v) is 10.5. The number of hydrogen-bond donors (Lipinski definition) is 1. The molecule has 1 amide bonds. The van der Waals surface area contributed by atoms with Crippen LogP contribution in [-0.2, 0) is 4.79 Å². The van der Waals surface area contributed by atoms with Gasteiger partial charge in [0.2, 0.25) is 5.75 Å². The van der Waals surface area contributed by atoms with Crippen molar-refractivity contribution >= 4 is 12.2 Å². The molecule has 0 aliphatic carbocycles. The van der Waals surface area contributed by atoms with Crippen molar-refractivity contribution in [2.24, 2.45) is 0 Å². The largest absolute Gasteiger partial charge is 0.493 e. The van der Waals surface area contributed by atoms with E-state index in [0.717, 1.165) is 0 Å². The first-order valence-corrected chi connectivity index (χ1v) is 5.20. The van der Waals surface area contributed by atoms with Gasteiger partial charge in [-0.1, -0.05) is 0 Å². The summed E-state index contributed by atoms with van der Waals surface area (Å²) in [5, 5.41) is 2.43. The van der Waals surface area contributed by atoms with Crippen LogP contribution < -0.4 is 19.5 Å². The van der Waals surface area contributed by atoms with Gasteiger partial charge >= 0.3 is 0 Å². The Labute approximate surface area is 105 Å². The predicted molar refractivity (Wildman–Crippen MR) is 64.5 cm³/mol. The fraction of sp³-hybridized carbons (Fsp3) is 0.333. The van der Waals surface area contributed by atoms with Crippen LogP contribution in [0.1, 0.15) is 10.4 Å². The molecule has 0 bridgehead atoms. The SMILES string of the molecule is CNC(=O)COc1c(OC)cc(C=O)cc1OC. The van der Waals surface area contributed by atoms with E-state index in [9.17, 15) is 9.59 Å². The molecule has 0 fully saturated rings. The van der Waals surface area contributed by atoms with Crippen molar-refractivity contribution in [3.63, 3.8) is 0 Å². The van der Waals surface area contributed by atoms with Crippen molar-refractivity contribution in [1.29, 1.82) is 0 Å². The maximum atomic E-state index is 11.1. The lowest BCUT2D eigenvalue weighted by Gasteiger charge is -2.14. The number of likely N-dealkylation sites (N-methyl/N-ethyl adjacent to an activating group) is 1. The first-order chi connectivity index (χ1) is 8.65. The average Bonchev–Trinajstić information content (AvgIpc) is 2.43. The van der Waals surface area contributed by atoms with Gasteiger partial charge in [-0.15, -0.1) is 0 Å². The Morgan fingerprint density at radius 3 is 2.22 bits per heavy atom. The van der Waals surface area contributed by atoms with E-state index in [0.29, 0.717) is 23.3 Å². The Kier molecular flexibility index (Phi) is 4.98. The summed E-state index contributed by atoms with van der Waals surface area (Å²) in [5.41, 5.74) is 0.399. The fourth-order valence-electron chi connectivity index (χ4n) is 1.32. The molecule has 1 rings (SSSR count). The number of ether oxygens (including phenoxy) is 3. The summed E-state index contributed by atoms with van der Waals surface area (Å²) in [6, 6.07) is 3.02. The molecule has 0 saturated heterocycles. The van der Waals surface area contributed by atoms with Gasteiger partial charge in [-0.3, -0.25) is 9.59 Å². The predicted octanol–water partition coefficient (Wildman–Crippen LogP) is 0.641. The Morgan fingerprint density at radius 2 is 1.83 bits per heavy atom. The van der Waals surface area contributed by atoms with E-state index in [-0.39, 0.29) is 18.3 Å². The van der Waals surface area contributed by atoms with E-state index in [4.69, 9.17) is 14.2 Å². The van der Waals surface area contributed by atoms with Gasteiger partial charge in [0.1, 0.15) is 6.29 Å². The Hall–Kier alpha value is -2.24. The van der Waals surface area contributed by atoms with Gasteiger partial charge in [0.05, 0.1) is 14.2 Å². The van der Waals surface area contributed by atoms with Gasteiger partial charge in [0.25, 0.3) is 5.91 Å². The van der Waals surface area contributed by atoms with Crippen molar-refractivity contribution in [2.75, 3.05) is 27.9 Å². The van der Waals surface area contributed by atoms with Crippen LogP contribution in [0.3, 0.4) is 0 Å². The molecule has 0 radical (unpaired) electrons. The third kappa shape index (κ3) is 3.13. The smallest absolute Gasteiger partial charge is 0.257 e. The van der Waals surface area contributed by atoms with Crippen molar-refractivity contribution in [1.82, 2.24) is 5.32 Å². The van der Waals surface area contributed by atoms with Crippen molar-refractivity contribution in [2.45, 2.75) is 0 Å². The molecule has 18 heavy (non-hydrogen) atoms. The molecule has 0 heterocycles. The zero-order chi connectivity index (χ0) is 13.5. The number of rotatable bonds is 6. The Balaban J connectivity index is 3.06. The van der Waals surface area contributed by atoms with Crippen LogP contribution in [-0.4, -0.2) is 40.1 Å². The van der Waals surface area contributed by atoms with Crippen molar-refractivity contribution < 1.29 is 23.8 Å². The number of benzene rings is 1. The van der Waals surface area contributed by atoms with Gasteiger partial charge in [-0.25, -0.2) is 0 Å². The molecule has 0 spiro atoms. The lowest BCUT2D eigenvalue weighted by molar-refractivity contribution is -0.122. The number of methoxy groups -OCH3 is 2. The highest BCUT2D eigenvalue weighted by Gasteiger charge is 2.15. The monoisotopic (exact) mass is 253 g/mol. The summed E-state index contributed by atoms with van der Waals surface area (Å²) in [5.74, 6) is 0.675. The number of carbonyl (C=O) groups excluding carboxylic acids is 2. The van der Waals surface area contributed by atoms with Crippen LogP contribution in [0, 0.1) is 0 Å². The van der Waals surface area contributed by atoms with E-state index in [1.807, 2.05) is 0 Å². The van der Waals surface area contributed by atoms with Gasteiger partial charge < -0.3 is 19.5 Å². The second-order valence-corrected chi connectivity index (χ2v) is 3.33. The maximum Gasteiger partial charge on any atom is 0.257 e. The summed E-state index contributed by atoms with van der Waals surface area (Å²) in [7, 11) is 4.39. The van der Waals surface area contributed by atoms with Crippen LogP contribution in [0.25, 0.3) is 0 Å².